The van der Waals surface area contributed by atoms with Crippen molar-refractivity contribution in [2.75, 3.05) is 33.7 Å². The zero-order chi connectivity index (χ0) is 15.6. The minimum Gasteiger partial charge on any atom is -0.359 e. The molecule has 3 rings (SSSR count). The second-order valence-corrected chi connectivity index (χ2v) is 6.77. The van der Waals surface area contributed by atoms with Gasteiger partial charge >= 0.3 is 0 Å². The predicted molar refractivity (Wildman–Crippen MR) is 78.2 cm³/mol. The Hall–Kier alpha value is -0.240. The second kappa shape index (κ2) is 6.71. The third-order valence-corrected chi connectivity index (χ3v) is 4.81. The molecule has 3 saturated heterocycles. The topological polar surface area (TPSA) is 55.4 Å². The van der Waals surface area contributed by atoms with Gasteiger partial charge in [0.25, 0.3) is 0 Å². The minimum atomic E-state index is -0.792. The highest BCUT2D eigenvalue weighted by atomic mass is 16.8. The van der Waals surface area contributed by atoms with Crippen molar-refractivity contribution in [1.82, 2.24) is 0 Å². The lowest BCUT2D eigenvalue weighted by Crippen LogP contribution is -2.56. The number of methoxy groups -OCH3 is 1. The molecule has 6 heteroatoms. The maximum atomic E-state index is 6.38. The first kappa shape index (κ1) is 16.6. The second-order valence-electron chi connectivity index (χ2n) is 6.77. The van der Waals surface area contributed by atoms with Gasteiger partial charge in [-0.25, -0.2) is 0 Å². The van der Waals surface area contributed by atoms with E-state index in [0.29, 0.717) is 19.1 Å². The molecule has 0 aromatic heterocycles. The van der Waals surface area contributed by atoms with E-state index in [-0.39, 0.29) is 19.0 Å². The molecule has 128 valence electrons. The van der Waals surface area contributed by atoms with Crippen LogP contribution in [0, 0.1) is 5.92 Å². The molecule has 0 aromatic rings. The molecule has 3 aliphatic rings. The van der Waals surface area contributed by atoms with E-state index in [1.807, 2.05) is 6.92 Å². The number of hydrogen-bond donors (Lipinski definition) is 0. The van der Waals surface area contributed by atoms with E-state index in [1.54, 1.807) is 7.11 Å². The highest BCUT2D eigenvalue weighted by molar-refractivity contribution is 4.93. The summed E-state index contributed by atoms with van der Waals surface area (Å²) in [5, 5.41) is 0. The van der Waals surface area contributed by atoms with Crippen LogP contribution < -0.4 is 0 Å². The maximum absolute atomic E-state index is 6.38. The molecule has 0 bridgehead atoms. The lowest BCUT2D eigenvalue weighted by Gasteiger charge is -2.46. The van der Waals surface area contributed by atoms with Crippen molar-refractivity contribution in [3.63, 3.8) is 0 Å². The van der Waals surface area contributed by atoms with Crippen LogP contribution in [0.2, 0.25) is 0 Å². The van der Waals surface area contributed by atoms with E-state index >= 15 is 0 Å². The van der Waals surface area contributed by atoms with Gasteiger partial charge in [0, 0.05) is 20.0 Å². The summed E-state index contributed by atoms with van der Waals surface area (Å²) in [5.74, 6) is -0.734. The molecule has 3 heterocycles. The Morgan fingerprint density at radius 3 is 2.59 bits per heavy atom. The number of rotatable bonds is 5. The summed E-state index contributed by atoms with van der Waals surface area (Å²) in [5.41, 5.74) is 0. The van der Waals surface area contributed by atoms with Gasteiger partial charge in [-0.15, -0.1) is 0 Å². The average Bonchev–Trinajstić information content (AvgIpc) is 3.09. The zero-order valence-corrected chi connectivity index (χ0v) is 13.8. The summed E-state index contributed by atoms with van der Waals surface area (Å²) in [6.07, 6.45) is 3.39. The number of ether oxygens (including phenoxy) is 6. The Morgan fingerprint density at radius 2 is 1.95 bits per heavy atom. The van der Waals surface area contributed by atoms with E-state index in [2.05, 4.69) is 6.92 Å². The standard InChI is InChI=1S/C16H28O6/c1-12-9-13(22-16(10-12)5-4-6-21-16)14(18-11-17-3)15(2)19-7-8-20-15/h12-14H,4-11H2,1-3H3/t12-,13+,14+,16+/m1/s1. The monoisotopic (exact) mass is 316 g/mol. The van der Waals surface area contributed by atoms with Gasteiger partial charge in [-0.3, -0.25) is 0 Å². The van der Waals surface area contributed by atoms with E-state index in [4.69, 9.17) is 28.4 Å². The highest BCUT2D eigenvalue weighted by Gasteiger charge is 2.52. The molecular weight excluding hydrogens is 288 g/mol. The lowest BCUT2D eigenvalue weighted by molar-refractivity contribution is -0.327. The molecule has 0 radical (unpaired) electrons. The molecule has 0 amide bonds. The molecule has 4 atom stereocenters. The summed E-state index contributed by atoms with van der Waals surface area (Å²) in [6.45, 7) is 6.28. The van der Waals surface area contributed by atoms with Crippen LogP contribution in [0.15, 0.2) is 0 Å². The Morgan fingerprint density at radius 1 is 1.18 bits per heavy atom. The van der Waals surface area contributed by atoms with Crippen molar-refractivity contribution in [2.45, 2.75) is 63.3 Å². The molecule has 3 aliphatic heterocycles. The Balaban J connectivity index is 1.76. The summed E-state index contributed by atoms with van der Waals surface area (Å²) in [4.78, 5) is 0. The minimum absolute atomic E-state index is 0.125. The summed E-state index contributed by atoms with van der Waals surface area (Å²) >= 11 is 0. The van der Waals surface area contributed by atoms with E-state index in [1.165, 1.54) is 0 Å². The highest BCUT2D eigenvalue weighted by Crippen LogP contribution is 2.43. The molecule has 0 unspecified atom stereocenters. The normalized spacial score (nSPS) is 39.4. The van der Waals surface area contributed by atoms with Crippen LogP contribution in [0.4, 0.5) is 0 Å². The van der Waals surface area contributed by atoms with Crippen LogP contribution >= 0.6 is 0 Å². The summed E-state index contributed by atoms with van der Waals surface area (Å²) in [6, 6.07) is 0. The quantitative estimate of drug-likeness (QED) is 0.724. The third kappa shape index (κ3) is 3.32. The molecule has 22 heavy (non-hydrogen) atoms. The Kier molecular flexibility index (Phi) is 5.07. The molecule has 0 aromatic carbocycles. The van der Waals surface area contributed by atoms with Crippen molar-refractivity contribution >= 4 is 0 Å². The number of hydrogen-bond acceptors (Lipinski definition) is 6. The fraction of sp³-hybridized carbons (Fsp3) is 1.00. The van der Waals surface area contributed by atoms with Gasteiger partial charge in [0.1, 0.15) is 12.9 Å². The van der Waals surface area contributed by atoms with Crippen LogP contribution in [-0.2, 0) is 28.4 Å². The van der Waals surface area contributed by atoms with Crippen LogP contribution in [0.25, 0.3) is 0 Å². The predicted octanol–water partition coefficient (Wildman–Crippen LogP) is 2.06. The molecule has 3 fully saturated rings. The van der Waals surface area contributed by atoms with Gasteiger partial charge in [0.15, 0.2) is 11.6 Å². The summed E-state index contributed by atoms with van der Waals surface area (Å²) in [7, 11) is 1.61. The van der Waals surface area contributed by atoms with Gasteiger partial charge in [0.05, 0.1) is 25.9 Å². The molecule has 1 spiro atoms. The Labute approximate surface area is 132 Å². The molecule has 0 N–H and O–H groups in total. The maximum Gasteiger partial charge on any atom is 0.194 e. The fourth-order valence-electron chi connectivity index (χ4n) is 3.93. The van der Waals surface area contributed by atoms with Gasteiger partial charge < -0.3 is 28.4 Å². The van der Waals surface area contributed by atoms with Crippen molar-refractivity contribution in [3.8, 4) is 0 Å². The summed E-state index contributed by atoms with van der Waals surface area (Å²) < 4.78 is 35.0. The van der Waals surface area contributed by atoms with Gasteiger partial charge in [-0.1, -0.05) is 6.92 Å². The van der Waals surface area contributed by atoms with Crippen LogP contribution in [0.3, 0.4) is 0 Å². The van der Waals surface area contributed by atoms with Crippen LogP contribution in [-0.4, -0.2) is 57.5 Å². The fourth-order valence-corrected chi connectivity index (χ4v) is 3.93. The van der Waals surface area contributed by atoms with Gasteiger partial charge in [-0.2, -0.15) is 0 Å². The van der Waals surface area contributed by atoms with Crippen molar-refractivity contribution < 1.29 is 28.4 Å². The van der Waals surface area contributed by atoms with Gasteiger partial charge in [-0.05, 0) is 25.7 Å². The van der Waals surface area contributed by atoms with E-state index in [0.717, 1.165) is 32.3 Å². The lowest BCUT2D eigenvalue weighted by atomic mass is 9.86. The first-order chi connectivity index (χ1) is 10.6. The molecule has 0 saturated carbocycles. The van der Waals surface area contributed by atoms with Crippen molar-refractivity contribution in [3.05, 3.63) is 0 Å². The van der Waals surface area contributed by atoms with Crippen molar-refractivity contribution in [2.24, 2.45) is 5.92 Å². The largest absolute Gasteiger partial charge is 0.359 e. The zero-order valence-electron chi connectivity index (χ0n) is 13.8. The Bertz CT molecular complexity index is 362. The van der Waals surface area contributed by atoms with Gasteiger partial charge in [0.2, 0.25) is 0 Å². The van der Waals surface area contributed by atoms with Crippen LogP contribution in [0.5, 0.6) is 0 Å². The van der Waals surface area contributed by atoms with E-state index < -0.39 is 11.6 Å². The first-order valence-electron chi connectivity index (χ1n) is 8.27. The average molecular weight is 316 g/mol. The first-order valence-corrected chi connectivity index (χ1v) is 8.27. The molecular formula is C16H28O6. The van der Waals surface area contributed by atoms with Crippen molar-refractivity contribution in [1.29, 1.82) is 0 Å². The SMILES string of the molecule is COCO[C@@H]([C@@H]1C[C@@H](C)C[C@]2(CCCO2)O1)C1(C)OCCO1. The molecule has 0 aliphatic carbocycles. The van der Waals surface area contributed by atoms with Crippen LogP contribution in [0.1, 0.15) is 39.5 Å². The van der Waals surface area contributed by atoms with E-state index in [9.17, 15) is 0 Å². The smallest absolute Gasteiger partial charge is 0.194 e. The molecule has 6 nitrogen and oxygen atoms in total. The third-order valence-electron chi connectivity index (χ3n) is 4.81.